The molecule has 1 amide bonds. The van der Waals surface area contributed by atoms with E-state index in [0.29, 0.717) is 19.0 Å². The van der Waals surface area contributed by atoms with Gasteiger partial charge in [0, 0.05) is 24.5 Å². The van der Waals surface area contributed by atoms with E-state index in [4.69, 9.17) is 5.73 Å². The van der Waals surface area contributed by atoms with Crippen LogP contribution >= 0.6 is 0 Å². The fourth-order valence-corrected chi connectivity index (χ4v) is 2.30. The Hall–Kier alpha value is -0.830. The van der Waals surface area contributed by atoms with Gasteiger partial charge in [-0.1, -0.05) is 18.9 Å². The van der Waals surface area contributed by atoms with E-state index in [9.17, 15) is 4.79 Å². The van der Waals surface area contributed by atoms with Crippen LogP contribution in [0.15, 0.2) is 12.7 Å². The molecule has 92 valence electrons. The van der Waals surface area contributed by atoms with Crippen molar-refractivity contribution < 1.29 is 4.79 Å². The standard InChI is InChI=1S/C13H24N2O/c1-4-9-15(11-7-5-6-8-11)12(16)10-13(2,3)14/h4,11H,1,5-10,14H2,2-3H3. The highest BCUT2D eigenvalue weighted by atomic mass is 16.2. The van der Waals surface area contributed by atoms with Crippen LogP contribution in [0.3, 0.4) is 0 Å². The summed E-state index contributed by atoms with van der Waals surface area (Å²) in [6, 6.07) is 0.410. The topological polar surface area (TPSA) is 46.3 Å². The summed E-state index contributed by atoms with van der Waals surface area (Å²) in [5.74, 6) is 0.166. The Morgan fingerprint density at radius 2 is 2.06 bits per heavy atom. The van der Waals surface area contributed by atoms with Gasteiger partial charge < -0.3 is 10.6 Å². The third-order valence-corrected chi connectivity index (χ3v) is 3.02. The van der Waals surface area contributed by atoms with Crippen molar-refractivity contribution >= 4 is 5.91 Å². The maximum absolute atomic E-state index is 12.1. The number of amides is 1. The predicted octanol–water partition coefficient (Wildman–Crippen LogP) is 2.07. The van der Waals surface area contributed by atoms with Gasteiger partial charge in [-0.05, 0) is 26.7 Å². The van der Waals surface area contributed by atoms with Crippen LogP contribution in [0.4, 0.5) is 0 Å². The van der Waals surface area contributed by atoms with Crippen LogP contribution in [0, 0.1) is 0 Å². The van der Waals surface area contributed by atoms with Crippen molar-refractivity contribution in [3.05, 3.63) is 12.7 Å². The summed E-state index contributed by atoms with van der Waals surface area (Å²) < 4.78 is 0. The largest absolute Gasteiger partial charge is 0.336 e. The Bertz CT molecular complexity index is 249. The number of nitrogens with zero attached hydrogens (tertiary/aromatic N) is 1. The first-order valence-electron chi connectivity index (χ1n) is 6.13. The summed E-state index contributed by atoms with van der Waals surface area (Å²) in [5.41, 5.74) is 5.47. The minimum absolute atomic E-state index is 0.166. The van der Waals surface area contributed by atoms with Gasteiger partial charge in [-0.2, -0.15) is 0 Å². The molecule has 2 N–H and O–H groups in total. The van der Waals surface area contributed by atoms with E-state index in [2.05, 4.69) is 6.58 Å². The van der Waals surface area contributed by atoms with Gasteiger partial charge in [0.25, 0.3) is 0 Å². The minimum atomic E-state index is -0.422. The second-order valence-electron chi connectivity index (χ2n) is 5.44. The van der Waals surface area contributed by atoms with Crippen molar-refractivity contribution in [1.82, 2.24) is 4.90 Å². The molecule has 1 aliphatic carbocycles. The van der Waals surface area contributed by atoms with Crippen molar-refractivity contribution in [1.29, 1.82) is 0 Å². The molecule has 0 unspecified atom stereocenters. The van der Waals surface area contributed by atoms with Crippen molar-refractivity contribution in [3.8, 4) is 0 Å². The molecule has 0 bridgehead atoms. The van der Waals surface area contributed by atoms with Gasteiger partial charge in [-0.15, -0.1) is 6.58 Å². The van der Waals surface area contributed by atoms with Crippen molar-refractivity contribution in [2.45, 2.75) is 57.5 Å². The lowest BCUT2D eigenvalue weighted by Crippen LogP contribution is -2.44. The maximum atomic E-state index is 12.1. The van der Waals surface area contributed by atoms with Gasteiger partial charge in [-0.3, -0.25) is 4.79 Å². The van der Waals surface area contributed by atoms with Gasteiger partial charge >= 0.3 is 0 Å². The second kappa shape index (κ2) is 5.48. The highest BCUT2D eigenvalue weighted by Gasteiger charge is 2.28. The smallest absolute Gasteiger partial charge is 0.224 e. The summed E-state index contributed by atoms with van der Waals surface area (Å²) in [6.07, 6.45) is 6.95. The lowest BCUT2D eigenvalue weighted by atomic mass is 10.0. The molecule has 1 rings (SSSR count). The Kier molecular flexibility index (Phi) is 4.54. The molecule has 0 radical (unpaired) electrons. The lowest BCUT2D eigenvalue weighted by molar-refractivity contribution is -0.133. The summed E-state index contributed by atoms with van der Waals surface area (Å²) in [5, 5.41) is 0. The quantitative estimate of drug-likeness (QED) is 0.727. The van der Waals surface area contributed by atoms with E-state index >= 15 is 0 Å². The zero-order valence-corrected chi connectivity index (χ0v) is 10.5. The van der Waals surface area contributed by atoms with Crippen LogP contribution in [-0.4, -0.2) is 28.9 Å². The molecule has 0 atom stereocenters. The number of carbonyl (C=O) groups is 1. The number of hydrogen-bond donors (Lipinski definition) is 1. The Balaban J connectivity index is 2.61. The van der Waals surface area contributed by atoms with Crippen LogP contribution in [-0.2, 0) is 4.79 Å². The molecular formula is C13H24N2O. The van der Waals surface area contributed by atoms with Crippen LogP contribution in [0.1, 0.15) is 46.0 Å². The molecule has 0 aromatic carbocycles. The molecule has 0 aromatic heterocycles. The number of hydrogen-bond acceptors (Lipinski definition) is 2. The molecule has 1 aliphatic rings. The Morgan fingerprint density at radius 1 is 1.50 bits per heavy atom. The van der Waals surface area contributed by atoms with Crippen LogP contribution in [0.2, 0.25) is 0 Å². The van der Waals surface area contributed by atoms with Crippen molar-refractivity contribution in [2.75, 3.05) is 6.54 Å². The highest BCUT2D eigenvalue weighted by molar-refractivity contribution is 5.77. The zero-order chi connectivity index (χ0) is 12.2. The third-order valence-electron chi connectivity index (χ3n) is 3.02. The molecule has 1 fully saturated rings. The van der Waals surface area contributed by atoms with E-state index in [0.717, 1.165) is 12.8 Å². The number of nitrogens with two attached hydrogens (primary N) is 1. The van der Waals surface area contributed by atoms with Crippen LogP contribution in [0.25, 0.3) is 0 Å². The third kappa shape index (κ3) is 3.97. The molecule has 0 saturated heterocycles. The van der Waals surface area contributed by atoms with Crippen molar-refractivity contribution in [3.63, 3.8) is 0 Å². The van der Waals surface area contributed by atoms with Gasteiger partial charge in [0.2, 0.25) is 5.91 Å². The lowest BCUT2D eigenvalue weighted by Gasteiger charge is -2.30. The van der Waals surface area contributed by atoms with Gasteiger partial charge in [0.1, 0.15) is 0 Å². The molecule has 0 spiro atoms. The molecule has 16 heavy (non-hydrogen) atoms. The average Bonchev–Trinajstić information content (AvgIpc) is 2.63. The Labute approximate surface area is 98.7 Å². The SMILES string of the molecule is C=CCN(C(=O)CC(C)(C)N)C1CCCC1. The van der Waals surface area contributed by atoms with E-state index in [1.54, 1.807) is 6.08 Å². The number of rotatable bonds is 5. The van der Waals surface area contributed by atoms with Gasteiger partial charge in [0.05, 0.1) is 0 Å². The molecule has 0 heterocycles. The average molecular weight is 224 g/mol. The van der Waals surface area contributed by atoms with Crippen molar-refractivity contribution in [2.24, 2.45) is 5.73 Å². The summed E-state index contributed by atoms with van der Waals surface area (Å²) in [7, 11) is 0. The normalized spacial score (nSPS) is 17.4. The highest BCUT2D eigenvalue weighted by Crippen LogP contribution is 2.24. The first kappa shape index (κ1) is 13.2. The van der Waals surface area contributed by atoms with E-state index in [-0.39, 0.29) is 5.91 Å². The first-order valence-corrected chi connectivity index (χ1v) is 6.13. The van der Waals surface area contributed by atoms with Crippen LogP contribution < -0.4 is 5.73 Å². The predicted molar refractivity (Wildman–Crippen MR) is 67.0 cm³/mol. The minimum Gasteiger partial charge on any atom is -0.336 e. The van der Waals surface area contributed by atoms with Crippen LogP contribution in [0.5, 0.6) is 0 Å². The molecule has 0 aromatic rings. The second-order valence-corrected chi connectivity index (χ2v) is 5.44. The maximum Gasteiger partial charge on any atom is 0.224 e. The van der Waals surface area contributed by atoms with Gasteiger partial charge in [-0.25, -0.2) is 0 Å². The monoisotopic (exact) mass is 224 g/mol. The first-order chi connectivity index (χ1) is 7.44. The molecule has 3 heteroatoms. The molecule has 3 nitrogen and oxygen atoms in total. The molecular weight excluding hydrogens is 200 g/mol. The number of carbonyl (C=O) groups excluding carboxylic acids is 1. The van der Waals surface area contributed by atoms with E-state index in [1.807, 2.05) is 18.7 Å². The Morgan fingerprint density at radius 3 is 2.50 bits per heavy atom. The van der Waals surface area contributed by atoms with E-state index < -0.39 is 5.54 Å². The fraction of sp³-hybridized carbons (Fsp3) is 0.769. The summed E-state index contributed by atoms with van der Waals surface area (Å²) in [4.78, 5) is 14.1. The summed E-state index contributed by atoms with van der Waals surface area (Å²) >= 11 is 0. The van der Waals surface area contributed by atoms with E-state index in [1.165, 1.54) is 12.8 Å². The van der Waals surface area contributed by atoms with Gasteiger partial charge in [0.15, 0.2) is 0 Å². The zero-order valence-electron chi connectivity index (χ0n) is 10.5. The molecule has 1 saturated carbocycles. The fourth-order valence-electron chi connectivity index (χ4n) is 2.30. The molecule has 0 aliphatic heterocycles. The summed E-state index contributed by atoms with van der Waals surface area (Å²) in [6.45, 7) is 8.17.